The van der Waals surface area contributed by atoms with Crippen molar-refractivity contribution in [2.75, 3.05) is 40.9 Å². The molecule has 472 valence electrons. The van der Waals surface area contributed by atoms with Crippen LogP contribution in [0.2, 0.25) is 0 Å². The van der Waals surface area contributed by atoms with Crippen LogP contribution in [0.5, 0.6) is 0 Å². The molecule has 0 aromatic carbocycles. The summed E-state index contributed by atoms with van der Waals surface area (Å²) in [5.74, 6) is -0.206. The van der Waals surface area contributed by atoms with E-state index < -0.39 is 26.6 Å². The predicted molar refractivity (Wildman–Crippen MR) is 348 cm³/mol. The number of nitrogens with zero attached hydrogens (tertiary/aromatic N) is 1. The topological polar surface area (TPSA) is 108 Å². The molecule has 0 aliphatic heterocycles. The molecular weight excluding hydrogens is 1010 g/mol. The molecular formula is C71H137N2O6P. The van der Waals surface area contributed by atoms with Crippen LogP contribution < -0.4 is 10.2 Å². The van der Waals surface area contributed by atoms with Crippen LogP contribution in [0.25, 0.3) is 0 Å². The van der Waals surface area contributed by atoms with Gasteiger partial charge in [-0.05, 0) is 70.6 Å². The van der Waals surface area contributed by atoms with Gasteiger partial charge >= 0.3 is 0 Å². The minimum absolute atomic E-state index is 0.00832. The molecule has 0 saturated carbocycles. The second-order valence-electron chi connectivity index (χ2n) is 25.2. The molecule has 0 saturated heterocycles. The Bertz CT molecular complexity index is 1440. The maximum Gasteiger partial charge on any atom is 0.268 e. The van der Waals surface area contributed by atoms with Crippen molar-refractivity contribution in [3.05, 3.63) is 48.6 Å². The Morgan fingerprint density at radius 3 is 1.01 bits per heavy atom. The molecule has 2 N–H and O–H groups in total. The van der Waals surface area contributed by atoms with Crippen molar-refractivity contribution in [2.45, 2.75) is 360 Å². The van der Waals surface area contributed by atoms with Gasteiger partial charge in [-0.2, -0.15) is 0 Å². The molecule has 3 unspecified atom stereocenters. The number of quaternary nitrogens is 1. The standard InChI is InChI=1S/C71H137N2O6P/c1-6-8-10-12-14-16-18-20-22-24-26-28-30-32-33-34-35-36-37-38-39-41-43-45-47-49-51-53-55-57-59-61-63-65-71(75)72-69(68-79-80(76,77)78-67-66-73(3,4)5)70(74)64-62-60-58-56-54-52-50-48-46-44-42-40-31-29-27-25-23-21-19-17-15-13-11-9-7-2/h32-33,46,48,54,56,62,64,69-70,74H,6-31,34-45,47,49-53,55,57-61,63,65-68H2,1-5H3,(H-,72,75,76,77)/b33-32-,48-46+,56-54+,64-62+. The number of phosphoric acid groups is 1. The lowest BCUT2D eigenvalue weighted by molar-refractivity contribution is -0.870. The van der Waals surface area contributed by atoms with E-state index in [1.54, 1.807) is 6.08 Å². The first-order valence-corrected chi connectivity index (χ1v) is 36.5. The van der Waals surface area contributed by atoms with Gasteiger partial charge in [0.2, 0.25) is 5.91 Å². The molecule has 0 aliphatic carbocycles. The van der Waals surface area contributed by atoms with Gasteiger partial charge in [-0.25, -0.2) is 0 Å². The number of aliphatic hydroxyl groups excluding tert-OH is 1. The van der Waals surface area contributed by atoms with Gasteiger partial charge in [-0.15, -0.1) is 0 Å². The Morgan fingerprint density at radius 1 is 0.425 bits per heavy atom. The SMILES string of the molecule is CCCCCCCCCCCCCC/C=C\CCCCCCCCCCCCCCCCCCCC(=O)NC(COP(=O)([O-])OCC[N+](C)(C)C)C(O)/C=C/CC/C=C/CC/C=C/CCCCCCCCCCCCCCCCC. The molecule has 0 radical (unpaired) electrons. The number of nitrogens with one attached hydrogen (secondary N) is 1. The Kier molecular flexibility index (Phi) is 60.8. The third-order valence-corrected chi connectivity index (χ3v) is 17.0. The minimum atomic E-state index is -4.62. The fourth-order valence-corrected chi connectivity index (χ4v) is 11.3. The first-order valence-electron chi connectivity index (χ1n) is 35.0. The molecule has 0 heterocycles. The maximum atomic E-state index is 13.0. The number of carbonyl (C=O) groups is 1. The molecule has 9 heteroatoms. The lowest BCUT2D eigenvalue weighted by Crippen LogP contribution is -2.45. The lowest BCUT2D eigenvalue weighted by atomic mass is 10.0. The van der Waals surface area contributed by atoms with E-state index in [4.69, 9.17) is 9.05 Å². The average molecular weight is 1150 g/mol. The molecule has 0 fully saturated rings. The summed E-state index contributed by atoms with van der Waals surface area (Å²) in [4.78, 5) is 25.6. The van der Waals surface area contributed by atoms with Crippen molar-refractivity contribution in [2.24, 2.45) is 0 Å². The zero-order valence-electron chi connectivity index (χ0n) is 54.0. The fraction of sp³-hybridized carbons (Fsp3) is 0.873. The highest BCUT2D eigenvalue weighted by Gasteiger charge is 2.23. The Labute approximate surface area is 499 Å². The van der Waals surface area contributed by atoms with Crippen molar-refractivity contribution in [3.8, 4) is 0 Å². The molecule has 0 aromatic rings. The Hall–Kier alpha value is -1.54. The van der Waals surface area contributed by atoms with E-state index >= 15 is 0 Å². The number of allylic oxidation sites excluding steroid dienone is 7. The number of likely N-dealkylation sites (N-methyl/N-ethyl adjacent to an activating group) is 1. The van der Waals surface area contributed by atoms with Gasteiger partial charge in [0, 0.05) is 6.42 Å². The van der Waals surface area contributed by atoms with E-state index in [2.05, 4.69) is 55.6 Å². The largest absolute Gasteiger partial charge is 0.756 e. The van der Waals surface area contributed by atoms with Gasteiger partial charge < -0.3 is 28.8 Å². The van der Waals surface area contributed by atoms with Gasteiger partial charge in [-0.1, -0.05) is 319 Å². The molecule has 3 atom stereocenters. The Morgan fingerprint density at radius 2 is 0.700 bits per heavy atom. The Balaban J connectivity index is 4.09. The first-order chi connectivity index (χ1) is 39.0. The average Bonchev–Trinajstić information content (AvgIpc) is 3.42. The van der Waals surface area contributed by atoms with E-state index in [1.165, 1.54) is 283 Å². The summed E-state index contributed by atoms with van der Waals surface area (Å²) in [7, 11) is 1.25. The monoisotopic (exact) mass is 1150 g/mol. The zero-order valence-corrected chi connectivity index (χ0v) is 54.9. The fourth-order valence-electron chi connectivity index (χ4n) is 10.5. The van der Waals surface area contributed by atoms with Crippen LogP contribution >= 0.6 is 7.82 Å². The number of aliphatic hydroxyl groups is 1. The van der Waals surface area contributed by atoms with Gasteiger partial charge in [0.15, 0.2) is 0 Å². The minimum Gasteiger partial charge on any atom is -0.756 e. The summed E-state index contributed by atoms with van der Waals surface area (Å²) in [5.41, 5.74) is 0. The molecule has 0 spiro atoms. The van der Waals surface area contributed by atoms with Crippen LogP contribution in [-0.2, 0) is 18.4 Å². The maximum absolute atomic E-state index is 13.0. The number of unbranched alkanes of at least 4 members (excludes halogenated alkanes) is 46. The lowest BCUT2D eigenvalue weighted by Gasteiger charge is -2.29. The predicted octanol–water partition coefficient (Wildman–Crippen LogP) is 21.6. The van der Waals surface area contributed by atoms with Crippen molar-refractivity contribution in [1.82, 2.24) is 5.32 Å². The quantitative estimate of drug-likeness (QED) is 0.0272. The molecule has 0 bridgehead atoms. The first kappa shape index (κ1) is 78.5. The second kappa shape index (κ2) is 62.0. The number of phosphoric ester groups is 1. The third kappa shape index (κ3) is 64.0. The number of amides is 1. The van der Waals surface area contributed by atoms with Crippen molar-refractivity contribution in [3.63, 3.8) is 0 Å². The van der Waals surface area contributed by atoms with E-state index in [9.17, 15) is 19.4 Å². The smallest absolute Gasteiger partial charge is 0.268 e. The van der Waals surface area contributed by atoms with E-state index in [-0.39, 0.29) is 12.5 Å². The highest BCUT2D eigenvalue weighted by Crippen LogP contribution is 2.38. The summed E-state index contributed by atoms with van der Waals surface area (Å²) in [6, 6.07) is -0.911. The van der Waals surface area contributed by atoms with Crippen LogP contribution in [0.15, 0.2) is 48.6 Å². The zero-order chi connectivity index (χ0) is 58.4. The van der Waals surface area contributed by atoms with Crippen LogP contribution in [0.1, 0.15) is 348 Å². The molecule has 8 nitrogen and oxygen atoms in total. The highest BCUT2D eigenvalue weighted by atomic mass is 31.2. The molecule has 0 aliphatic rings. The van der Waals surface area contributed by atoms with E-state index in [0.717, 1.165) is 44.9 Å². The van der Waals surface area contributed by atoms with Crippen LogP contribution in [-0.4, -0.2) is 68.5 Å². The summed E-state index contributed by atoms with van der Waals surface area (Å²) in [6.07, 6.45) is 83.9. The molecule has 80 heavy (non-hydrogen) atoms. The van der Waals surface area contributed by atoms with E-state index in [1.807, 2.05) is 27.2 Å². The van der Waals surface area contributed by atoms with Gasteiger partial charge in [0.1, 0.15) is 13.2 Å². The molecule has 1 amide bonds. The second-order valence-corrected chi connectivity index (χ2v) is 26.6. The van der Waals surface area contributed by atoms with Crippen molar-refractivity contribution >= 4 is 13.7 Å². The molecule has 0 aromatic heterocycles. The summed E-state index contributed by atoms with van der Waals surface area (Å²) in [6.45, 7) is 4.67. The highest BCUT2D eigenvalue weighted by molar-refractivity contribution is 7.45. The number of hydrogen-bond donors (Lipinski definition) is 2. The third-order valence-electron chi connectivity index (χ3n) is 16.0. The van der Waals surface area contributed by atoms with Crippen LogP contribution in [0, 0.1) is 0 Å². The van der Waals surface area contributed by atoms with Gasteiger partial charge in [-0.3, -0.25) is 9.36 Å². The van der Waals surface area contributed by atoms with Crippen LogP contribution in [0.3, 0.4) is 0 Å². The number of hydrogen-bond acceptors (Lipinski definition) is 6. The van der Waals surface area contributed by atoms with Crippen molar-refractivity contribution in [1.29, 1.82) is 0 Å². The van der Waals surface area contributed by atoms with Gasteiger partial charge in [0.05, 0.1) is 39.9 Å². The normalized spacial score (nSPS) is 13.9. The number of rotatable bonds is 65. The molecule has 0 rings (SSSR count). The summed E-state index contributed by atoms with van der Waals surface area (Å²) < 4.78 is 23.4. The van der Waals surface area contributed by atoms with Crippen molar-refractivity contribution < 1.29 is 32.9 Å². The summed E-state index contributed by atoms with van der Waals surface area (Å²) in [5, 5.41) is 13.9. The number of carbonyl (C=O) groups excluding carboxylic acids is 1. The van der Waals surface area contributed by atoms with Crippen LogP contribution in [0.4, 0.5) is 0 Å². The van der Waals surface area contributed by atoms with Gasteiger partial charge in [0.25, 0.3) is 7.82 Å². The van der Waals surface area contributed by atoms with E-state index in [0.29, 0.717) is 17.4 Å². The summed E-state index contributed by atoms with van der Waals surface area (Å²) >= 11 is 0.